The van der Waals surface area contributed by atoms with Gasteiger partial charge in [0.05, 0.1) is 10.5 Å². The Balaban J connectivity index is 2.83. The van der Waals surface area contributed by atoms with E-state index in [1.165, 1.54) is 12.1 Å². The number of nitrogens with two attached hydrogens (primary N) is 1. The first-order valence-corrected chi connectivity index (χ1v) is 5.48. The van der Waals surface area contributed by atoms with Gasteiger partial charge in [-0.25, -0.2) is 0 Å². The smallest absolute Gasteiger partial charge is 0.270 e. The largest absolute Gasteiger partial charge is 0.491 e. The number of amides is 1. The Kier molecular flexibility index (Phi) is 5.06. The highest BCUT2D eigenvalue weighted by atomic mass is 16.6. The summed E-state index contributed by atoms with van der Waals surface area (Å²) in [6.45, 7) is 3.74. The summed E-state index contributed by atoms with van der Waals surface area (Å²) in [5, 5.41) is 13.6. The van der Waals surface area contributed by atoms with Crippen LogP contribution in [0.2, 0.25) is 0 Å². The summed E-state index contributed by atoms with van der Waals surface area (Å²) in [7, 11) is 0. The molecule has 0 radical (unpaired) electrons. The SMILES string of the molecule is CCNCCOc1ccc([N+](=O)[O-])cc1C(N)=O. The van der Waals surface area contributed by atoms with E-state index in [0.29, 0.717) is 13.2 Å². The number of carbonyl (C=O) groups is 1. The van der Waals surface area contributed by atoms with Crippen LogP contribution in [0.15, 0.2) is 18.2 Å². The Morgan fingerprint density at radius 2 is 2.28 bits per heavy atom. The van der Waals surface area contributed by atoms with Crippen molar-refractivity contribution < 1.29 is 14.5 Å². The van der Waals surface area contributed by atoms with Gasteiger partial charge in [-0.2, -0.15) is 0 Å². The van der Waals surface area contributed by atoms with Crippen LogP contribution < -0.4 is 15.8 Å². The minimum Gasteiger partial charge on any atom is -0.491 e. The Labute approximate surface area is 104 Å². The second kappa shape index (κ2) is 6.55. The summed E-state index contributed by atoms with van der Waals surface area (Å²) in [6.07, 6.45) is 0. The van der Waals surface area contributed by atoms with E-state index < -0.39 is 10.8 Å². The maximum atomic E-state index is 11.2. The fraction of sp³-hybridized carbons (Fsp3) is 0.364. The zero-order valence-electron chi connectivity index (χ0n) is 10.0. The fourth-order valence-corrected chi connectivity index (χ4v) is 1.36. The average Bonchev–Trinajstić information content (AvgIpc) is 2.34. The van der Waals surface area contributed by atoms with Crippen LogP contribution >= 0.6 is 0 Å². The van der Waals surface area contributed by atoms with Gasteiger partial charge in [0, 0.05) is 18.7 Å². The fourth-order valence-electron chi connectivity index (χ4n) is 1.36. The van der Waals surface area contributed by atoms with Gasteiger partial charge in [-0.15, -0.1) is 0 Å². The Morgan fingerprint density at radius 3 is 2.83 bits per heavy atom. The number of hydrogen-bond donors (Lipinski definition) is 2. The van der Waals surface area contributed by atoms with Crippen LogP contribution in [0, 0.1) is 10.1 Å². The number of nitrogens with one attached hydrogen (secondary N) is 1. The van der Waals surface area contributed by atoms with Crippen LogP contribution in [-0.2, 0) is 0 Å². The van der Waals surface area contributed by atoms with E-state index in [9.17, 15) is 14.9 Å². The molecule has 1 amide bonds. The molecule has 7 nitrogen and oxygen atoms in total. The molecule has 1 rings (SSSR count). The monoisotopic (exact) mass is 253 g/mol. The lowest BCUT2D eigenvalue weighted by molar-refractivity contribution is -0.384. The number of benzene rings is 1. The summed E-state index contributed by atoms with van der Waals surface area (Å²) in [4.78, 5) is 21.2. The minimum absolute atomic E-state index is 0.0145. The predicted molar refractivity (Wildman–Crippen MR) is 65.7 cm³/mol. The summed E-state index contributed by atoms with van der Waals surface area (Å²) < 4.78 is 5.35. The van der Waals surface area contributed by atoms with E-state index in [0.717, 1.165) is 12.6 Å². The lowest BCUT2D eigenvalue weighted by atomic mass is 10.1. The third-order valence-corrected chi connectivity index (χ3v) is 2.23. The molecule has 0 aromatic heterocycles. The van der Waals surface area contributed by atoms with E-state index in [1.807, 2.05) is 6.92 Å². The van der Waals surface area contributed by atoms with Crippen LogP contribution in [0.5, 0.6) is 5.75 Å². The van der Waals surface area contributed by atoms with Crippen LogP contribution in [0.25, 0.3) is 0 Å². The molecule has 0 spiro atoms. The number of nitrogens with zero attached hydrogens (tertiary/aromatic N) is 1. The van der Waals surface area contributed by atoms with Gasteiger partial charge < -0.3 is 15.8 Å². The molecular formula is C11H15N3O4. The number of hydrogen-bond acceptors (Lipinski definition) is 5. The molecule has 0 saturated heterocycles. The molecule has 0 saturated carbocycles. The quantitative estimate of drug-likeness (QED) is 0.422. The lowest BCUT2D eigenvalue weighted by Crippen LogP contribution is -2.21. The molecule has 98 valence electrons. The number of ether oxygens (including phenoxy) is 1. The first kappa shape index (κ1) is 13.9. The molecule has 0 aliphatic heterocycles. The van der Waals surface area contributed by atoms with Crippen LogP contribution in [0.1, 0.15) is 17.3 Å². The van der Waals surface area contributed by atoms with Crippen molar-refractivity contribution in [2.45, 2.75) is 6.92 Å². The summed E-state index contributed by atoms with van der Waals surface area (Å²) in [6, 6.07) is 3.77. The summed E-state index contributed by atoms with van der Waals surface area (Å²) in [5.74, 6) is -0.497. The Bertz CT molecular complexity index is 448. The Hall–Kier alpha value is -2.15. The van der Waals surface area contributed by atoms with E-state index in [4.69, 9.17) is 10.5 Å². The van der Waals surface area contributed by atoms with E-state index >= 15 is 0 Å². The molecular weight excluding hydrogens is 238 g/mol. The first-order valence-electron chi connectivity index (χ1n) is 5.48. The highest BCUT2D eigenvalue weighted by molar-refractivity contribution is 5.96. The van der Waals surface area contributed by atoms with Crippen LogP contribution in [0.3, 0.4) is 0 Å². The lowest BCUT2D eigenvalue weighted by Gasteiger charge is -2.09. The van der Waals surface area contributed by atoms with Crippen molar-refractivity contribution in [3.8, 4) is 5.75 Å². The van der Waals surface area contributed by atoms with Crippen LogP contribution in [0.4, 0.5) is 5.69 Å². The molecule has 0 unspecified atom stereocenters. The van der Waals surface area contributed by atoms with Gasteiger partial charge in [0.25, 0.3) is 11.6 Å². The van der Waals surface area contributed by atoms with Crippen molar-refractivity contribution in [3.63, 3.8) is 0 Å². The third kappa shape index (κ3) is 3.70. The summed E-state index contributed by atoms with van der Waals surface area (Å²) >= 11 is 0. The van der Waals surface area contributed by atoms with Gasteiger partial charge in [-0.1, -0.05) is 6.92 Å². The highest BCUT2D eigenvalue weighted by Crippen LogP contribution is 2.23. The second-order valence-electron chi connectivity index (χ2n) is 3.50. The first-order chi connectivity index (χ1) is 8.56. The standard InChI is InChI=1S/C11H15N3O4/c1-2-13-5-6-18-10-4-3-8(14(16)17)7-9(10)11(12)15/h3-4,7,13H,2,5-6H2,1H3,(H2,12,15). The molecule has 0 aliphatic carbocycles. The van der Waals surface area contributed by atoms with E-state index in [-0.39, 0.29) is 17.0 Å². The van der Waals surface area contributed by atoms with Crippen molar-refractivity contribution in [2.24, 2.45) is 5.73 Å². The summed E-state index contributed by atoms with van der Waals surface area (Å²) in [5.41, 5.74) is 4.98. The van der Waals surface area contributed by atoms with Gasteiger partial charge in [0.15, 0.2) is 0 Å². The molecule has 1 aromatic carbocycles. The third-order valence-electron chi connectivity index (χ3n) is 2.23. The number of nitro groups is 1. The molecule has 0 fully saturated rings. The predicted octanol–water partition coefficient (Wildman–Crippen LogP) is 0.682. The van der Waals surface area contributed by atoms with Crippen LogP contribution in [-0.4, -0.2) is 30.5 Å². The molecule has 0 bridgehead atoms. The zero-order valence-corrected chi connectivity index (χ0v) is 10.0. The number of likely N-dealkylation sites (N-methyl/N-ethyl adjacent to an activating group) is 1. The van der Waals surface area contributed by atoms with E-state index in [2.05, 4.69) is 5.32 Å². The van der Waals surface area contributed by atoms with Gasteiger partial charge in [0.2, 0.25) is 0 Å². The molecule has 3 N–H and O–H groups in total. The highest BCUT2D eigenvalue weighted by Gasteiger charge is 2.15. The van der Waals surface area contributed by atoms with E-state index in [1.54, 1.807) is 0 Å². The topological polar surface area (TPSA) is 107 Å². The average molecular weight is 253 g/mol. The van der Waals surface area contributed by atoms with Crippen molar-refractivity contribution >= 4 is 11.6 Å². The van der Waals surface area contributed by atoms with Crippen molar-refractivity contribution in [2.75, 3.05) is 19.7 Å². The maximum Gasteiger partial charge on any atom is 0.270 e. The van der Waals surface area contributed by atoms with Crippen molar-refractivity contribution in [1.82, 2.24) is 5.32 Å². The molecule has 1 aromatic rings. The molecule has 7 heteroatoms. The maximum absolute atomic E-state index is 11.2. The van der Waals surface area contributed by atoms with Gasteiger partial charge in [-0.3, -0.25) is 14.9 Å². The molecule has 0 aliphatic rings. The number of primary amides is 1. The van der Waals surface area contributed by atoms with Crippen molar-refractivity contribution in [3.05, 3.63) is 33.9 Å². The number of nitro benzene ring substituents is 1. The van der Waals surface area contributed by atoms with Gasteiger partial charge in [-0.05, 0) is 12.6 Å². The van der Waals surface area contributed by atoms with Gasteiger partial charge in [0.1, 0.15) is 12.4 Å². The number of rotatable bonds is 7. The zero-order chi connectivity index (χ0) is 13.5. The minimum atomic E-state index is -0.753. The Morgan fingerprint density at radius 1 is 1.56 bits per heavy atom. The van der Waals surface area contributed by atoms with Gasteiger partial charge >= 0.3 is 0 Å². The van der Waals surface area contributed by atoms with Crippen molar-refractivity contribution in [1.29, 1.82) is 0 Å². The normalized spacial score (nSPS) is 10.1. The molecule has 18 heavy (non-hydrogen) atoms. The molecule has 0 heterocycles. The molecule has 0 atom stereocenters. The second-order valence-corrected chi connectivity index (χ2v) is 3.50. The number of carbonyl (C=O) groups excluding carboxylic acids is 1. The number of non-ortho nitro benzene ring substituents is 1.